The maximum absolute atomic E-state index is 11.9. The molecule has 2 N–H and O–H groups in total. The van der Waals surface area contributed by atoms with Crippen LogP contribution in [0.3, 0.4) is 0 Å². The first kappa shape index (κ1) is 14.9. The monoisotopic (exact) mass is 302 g/mol. The summed E-state index contributed by atoms with van der Waals surface area (Å²) in [6.45, 7) is 3.21. The van der Waals surface area contributed by atoms with Gasteiger partial charge in [-0.15, -0.1) is 5.10 Å². The zero-order valence-corrected chi connectivity index (χ0v) is 12.2. The third-order valence-corrected chi connectivity index (χ3v) is 5.14. The highest BCUT2D eigenvalue weighted by Crippen LogP contribution is 2.22. The predicted molar refractivity (Wildman–Crippen MR) is 70.5 cm³/mol. The molecule has 9 heteroatoms. The summed E-state index contributed by atoms with van der Waals surface area (Å²) in [7, 11) is -3.06. The van der Waals surface area contributed by atoms with Crippen LogP contribution in [0.4, 0.5) is 0 Å². The van der Waals surface area contributed by atoms with E-state index in [0.29, 0.717) is 12.1 Å². The Morgan fingerprint density at radius 1 is 1.65 bits per heavy atom. The van der Waals surface area contributed by atoms with Gasteiger partial charge in [0, 0.05) is 0 Å². The Morgan fingerprint density at radius 2 is 2.35 bits per heavy atom. The number of hydrogen-bond donors (Lipinski definition) is 2. The second-order valence-corrected chi connectivity index (χ2v) is 7.65. The van der Waals surface area contributed by atoms with Crippen molar-refractivity contribution in [1.82, 2.24) is 20.3 Å². The van der Waals surface area contributed by atoms with Crippen molar-refractivity contribution in [2.75, 3.05) is 11.5 Å². The number of amides is 1. The van der Waals surface area contributed by atoms with Crippen LogP contribution >= 0.6 is 0 Å². The van der Waals surface area contributed by atoms with Gasteiger partial charge < -0.3 is 10.4 Å². The fourth-order valence-electron chi connectivity index (χ4n) is 2.21. The van der Waals surface area contributed by atoms with E-state index in [4.69, 9.17) is 0 Å². The zero-order valence-electron chi connectivity index (χ0n) is 11.4. The summed E-state index contributed by atoms with van der Waals surface area (Å²) in [5, 5.41) is 19.5. The quantitative estimate of drug-likeness (QED) is 0.739. The topological polar surface area (TPSA) is 114 Å². The Morgan fingerprint density at radius 3 is 2.85 bits per heavy atom. The van der Waals surface area contributed by atoms with Crippen molar-refractivity contribution in [3.63, 3.8) is 0 Å². The highest BCUT2D eigenvalue weighted by Gasteiger charge is 2.39. The van der Waals surface area contributed by atoms with Gasteiger partial charge in [-0.2, -0.15) is 0 Å². The molecule has 20 heavy (non-hydrogen) atoms. The Kier molecular flexibility index (Phi) is 3.83. The summed E-state index contributed by atoms with van der Waals surface area (Å²) in [6, 6.07) is 0. The highest BCUT2D eigenvalue weighted by molar-refractivity contribution is 7.91. The first-order valence-electron chi connectivity index (χ1n) is 6.29. The van der Waals surface area contributed by atoms with Gasteiger partial charge in [-0.1, -0.05) is 5.21 Å². The van der Waals surface area contributed by atoms with Crippen LogP contribution in [0.2, 0.25) is 0 Å². The first-order valence-corrected chi connectivity index (χ1v) is 8.11. The van der Waals surface area contributed by atoms with Crippen LogP contribution in [0.5, 0.6) is 0 Å². The zero-order chi connectivity index (χ0) is 15.0. The summed E-state index contributed by atoms with van der Waals surface area (Å²) in [5.41, 5.74) is -0.337. The van der Waals surface area contributed by atoms with E-state index in [9.17, 15) is 18.3 Å². The standard InChI is InChI=1S/C11H18N4O4S/c1-8(16)9-5-15(14-13-9)6-10(17)12-11(2)3-4-20(18,19)7-11/h5,8,16H,3-4,6-7H2,1-2H3,(H,12,17). The van der Waals surface area contributed by atoms with Crippen molar-refractivity contribution < 1.29 is 18.3 Å². The Hall–Kier alpha value is -1.48. The lowest BCUT2D eigenvalue weighted by Crippen LogP contribution is -2.48. The Balaban J connectivity index is 1.95. The number of nitrogens with one attached hydrogen (secondary N) is 1. The van der Waals surface area contributed by atoms with Gasteiger partial charge >= 0.3 is 0 Å². The number of aliphatic hydroxyl groups is 1. The van der Waals surface area contributed by atoms with E-state index in [1.54, 1.807) is 13.8 Å². The van der Waals surface area contributed by atoms with Crippen LogP contribution in [0.1, 0.15) is 32.1 Å². The van der Waals surface area contributed by atoms with Crippen molar-refractivity contribution in [3.05, 3.63) is 11.9 Å². The van der Waals surface area contributed by atoms with Crippen LogP contribution in [-0.4, -0.2) is 51.5 Å². The number of rotatable bonds is 4. The summed E-state index contributed by atoms with van der Waals surface area (Å²) in [6.07, 6.45) is 1.15. The Labute approximate surface area is 117 Å². The van der Waals surface area contributed by atoms with Gasteiger partial charge in [0.1, 0.15) is 12.2 Å². The summed E-state index contributed by atoms with van der Waals surface area (Å²) < 4.78 is 24.2. The summed E-state index contributed by atoms with van der Waals surface area (Å²) >= 11 is 0. The van der Waals surface area contributed by atoms with Crippen LogP contribution < -0.4 is 5.32 Å². The van der Waals surface area contributed by atoms with Gasteiger partial charge in [-0.05, 0) is 20.3 Å². The number of carbonyl (C=O) groups is 1. The van der Waals surface area contributed by atoms with Gasteiger partial charge in [-0.25, -0.2) is 13.1 Å². The molecule has 1 aliphatic rings. The van der Waals surface area contributed by atoms with Gasteiger partial charge in [-0.3, -0.25) is 4.79 Å². The molecule has 2 atom stereocenters. The molecule has 1 aromatic heterocycles. The summed E-state index contributed by atoms with van der Waals surface area (Å²) in [4.78, 5) is 11.9. The minimum atomic E-state index is -3.06. The molecule has 1 fully saturated rings. The first-order chi connectivity index (χ1) is 9.19. The van der Waals surface area contributed by atoms with E-state index >= 15 is 0 Å². The van der Waals surface area contributed by atoms with E-state index in [1.807, 2.05) is 0 Å². The molecule has 2 heterocycles. The molecule has 0 bridgehead atoms. The average Bonchev–Trinajstić information content (AvgIpc) is 2.83. The fourth-order valence-corrected chi connectivity index (χ4v) is 4.31. The number of aromatic nitrogens is 3. The molecule has 2 unspecified atom stereocenters. The number of hydrogen-bond acceptors (Lipinski definition) is 6. The van der Waals surface area contributed by atoms with Crippen LogP contribution in [0.25, 0.3) is 0 Å². The molecular weight excluding hydrogens is 284 g/mol. The average molecular weight is 302 g/mol. The lowest BCUT2D eigenvalue weighted by Gasteiger charge is -2.23. The lowest BCUT2D eigenvalue weighted by atomic mass is 10.0. The molecule has 0 aliphatic carbocycles. The molecule has 1 saturated heterocycles. The smallest absolute Gasteiger partial charge is 0.242 e. The molecule has 0 spiro atoms. The van der Waals surface area contributed by atoms with Crippen molar-refractivity contribution in [3.8, 4) is 0 Å². The van der Waals surface area contributed by atoms with E-state index in [-0.39, 0.29) is 24.0 Å². The minimum absolute atomic E-state index is 0.0397. The fraction of sp³-hybridized carbons (Fsp3) is 0.727. The van der Waals surface area contributed by atoms with E-state index in [0.717, 1.165) is 0 Å². The molecule has 1 aliphatic heterocycles. The number of carbonyl (C=O) groups excluding carboxylic acids is 1. The van der Waals surface area contributed by atoms with Gasteiger partial charge in [0.2, 0.25) is 5.91 Å². The SMILES string of the molecule is CC(O)c1cn(CC(=O)NC2(C)CCS(=O)(=O)C2)nn1. The second kappa shape index (κ2) is 5.13. The number of nitrogens with zero attached hydrogens (tertiary/aromatic N) is 3. The van der Waals surface area contributed by atoms with Crippen LogP contribution in [0, 0.1) is 0 Å². The van der Waals surface area contributed by atoms with Crippen molar-refractivity contribution in [2.24, 2.45) is 0 Å². The molecule has 0 aromatic carbocycles. The maximum Gasteiger partial charge on any atom is 0.242 e. The highest BCUT2D eigenvalue weighted by atomic mass is 32.2. The molecule has 0 radical (unpaired) electrons. The molecular formula is C11H18N4O4S. The third-order valence-electron chi connectivity index (χ3n) is 3.23. The summed E-state index contributed by atoms with van der Waals surface area (Å²) in [5.74, 6) is -0.270. The Bertz CT molecular complexity index is 610. The molecule has 0 saturated carbocycles. The van der Waals surface area contributed by atoms with Crippen LogP contribution in [-0.2, 0) is 21.2 Å². The molecule has 1 aromatic rings. The van der Waals surface area contributed by atoms with Gasteiger partial charge in [0.25, 0.3) is 0 Å². The maximum atomic E-state index is 11.9. The predicted octanol–water partition coefficient (Wildman–Crippen LogP) is -0.975. The molecule has 1 amide bonds. The number of sulfone groups is 1. The van der Waals surface area contributed by atoms with Crippen molar-refractivity contribution in [1.29, 1.82) is 0 Å². The van der Waals surface area contributed by atoms with Gasteiger partial charge in [0.15, 0.2) is 9.84 Å². The lowest BCUT2D eigenvalue weighted by molar-refractivity contribution is -0.123. The van der Waals surface area contributed by atoms with E-state index in [1.165, 1.54) is 10.9 Å². The van der Waals surface area contributed by atoms with Crippen molar-refractivity contribution in [2.45, 2.75) is 38.5 Å². The molecule has 112 valence electrons. The number of aliphatic hydroxyl groups excluding tert-OH is 1. The van der Waals surface area contributed by atoms with Gasteiger partial charge in [0.05, 0.1) is 29.3 Å². The van der Waals surface area contributed by atoms with Crippen molar-refractivity contribution >= 4 is 15.7 Å². The third kappa shape index (κ3) is 3.54. The molecule has 8 nitrogen and oxygen atoms in total. The van der Waals surface area contributed by atoms with E-state index in [2.05, 4.69) is 15.6 Å². The second-order valence-electron chi connectivity index (χ2n) is 5.47. The normalized spacial score (nSPS) is 26.4. The van der Waals surface area contributed by atoms with Crippen LogP contribution in [0.15, 0.2) is 6.20 Å². The van der Waals surface area contributed by atoms with E-state index < -0.39 is 21.5 Å². The minimum Gasteiger partial charge on any atom is -0.387 e. The molecule has 2 rings (SSSR count). The largest absolute Gasteiger partial charge is 0.387 e.